The molecule has 4 heteroatoms. The summed E-state index contributed by atoms with van der Waals surface area (Å²) in [5.41, 5.74) is 15.7. The van der Waals surface area contributed by atoms with Crippen LogP contribution in [-0.4, -0.2) is 11.1 Å². The van der Waals surface area contributed by atoms with Gasteiger partial charge in [0.05, 0.1) is 11.7 Å². The molecule has 3 atom stereocenters. The first-order valence-electron chi connectivity index (χ1n) is 20.4. The van der Waals surface area contributed by atoms with Crippen LogP contribution in [0.3, 0.4) is 0 Å². The smallest absolute Gasteiger partial charge is 0.143 e. The van der Waals surface area contributed by atoms with E-state index in [0.29, 0.717) is 11.8 Å². The molecule has 4 nitrogen and oxygen atoms in total. The minimum Gasteiger partial charge on any atom is -0.455 e. The summed E-state index contributed by atoms with van der Waals surface area (Å²) in [4.78, 5) is 0. The van der Waals surface area contributed by atoms with Gasteiger partial charge in [0, 0.05) is 57.7 Å². The number of hydrogen-bond donors (Lipinski definition) is 2. The van der Waals surface area contributed by atoms with Gasteiger partial charge in [-0.2, -0.15) is 0 Å². The first-order valence-corrected chi connectivity index (χ1v) is 20.4. The molecule has 6 aromatic carbocycles. The van der Waals surface area contributed by atoms with Crippen molar-refractivity contribution in [1.29, 1.82) is 0 Å². The molecule has 8 aromatic rings. The van der Waals surface area contributed by atoms with Crippen molar-refractivity contribution in [2.45, 2.75) is 45.3 Å². The molecule has 0 bridgehead atoms. The van der Waals surface area contributed by atoms with Crippen molar-refractivity contribution in [3.63, 3.8) is 0 Å². The quantitative estimate of drug-likeness (QED) is 0.137. The highest BCUT2D eigenvalue weighted by atomic mass is 16.3. The minimum absolute atomic E-state index is 0.0191. The number of nitrogens with one attached hydrogen (secondary N) is 2. The Morgan fingerprint density at radius 1 is 0.702 bits per heavy atom. The highest BCUT2D eigenvalue weighted by Gasteiger charge is 2.28. The maximum absolute atomic E-state index is 6.54. The fourth-order valence-corrected chi connectivity index (χ4v) is 8.97. The minimum atomic E-state index is -0.0191. The number of para-hydroxylation sites is 2. The van der Waals surface area contributed by atoms with Gasteiger partial charge >= 0.3 is 0 Å². The maximum Gasteiger partial charge on any atom is 0.143 e. The highest BCUT2D eigenvalue weighted by molar-refractivity contribution is 6.10. The average molecular weight is 742 g/mol. The number of benzene rings is 6. The third-order valence-electron chi connectivity index (χ3n) is 12.0. The van der Waals surface area contributed by atoms with Gasteiger partial charge in [0.1, 0.15) is 11.2 Å². The van der Waals surface area contributed by atoms with E-state index in [-0.39, 0.29) is 6.17 Å². The van der Waals surface area contributed by atoms with Gasteiger partial charge in [0.25, 0.3) is 0 Å². The van der Waals surface area contributed by atoms with Crippen LogP contribution in [0.2, 0.25) is 0 Å². The van der Waals surface area contributed by atoms with E-state index in [4.69, 9.17) is 4.42 Å². The van der Waals surface area contributed by atoms with Crippen LogP contribution in [-0.2, 0) is 6.54 Å². The van der Waals surface area contributed by atoms with Crippen LogP contribution in [0.1, 0.15) is 66.7 Å². The molecule has 0 saturated carbocycles. The Balaban J connectivity index is 1.08. The van der Waals surface area contributed by atoms with Crippen molar-refractivity contribution in [2.75, 3.05) is 6.54 Å². The van der Waals surface area contributed by atoms with Crippen LogP contribution in [0.5, 0.6) is 0 Å². The Bertz CT molecular complexity index is 2820. The molecule has 3 unspecified atom stereocenters. The number of fused-ring (bicyclic) bond motifs is 6. The molecule has 0 aliphatic heterocycles. The lowest BCUT2D eigenvalue weighted by Crippen LogP contribution is -2.35. The molecule has 2 aliphatic rings. The van der Waals surface area contributed by atoms with E-state index in [9.17, 15) is 0 Å². The molecule has 0 spiro atoms. The van der Waals surface area contributed by atoms with Gasteiger partial charge in [-0.25, -0.2) is 0 Å². The summed E-state index contributed by atoms with van der Waals surface area (Å²) in [5, 5.41) is 11.2. The Kier molecular flexibility index (Phi) is 9.30. The van der Waals surface area contributed by atoms with Crippen LogP contribution < -0.4 is 10.6 Å². The normalized spacial score (nSPS) is 17.2. The van der Waals surface area contributed by atoms with E-state index in [1.54, 1.807) is 0 Å². The van der Waals surface area contributed by atoms with E-state index in [1.165, 1.54) is 55.7 Å². The lowest BCUT2D eigenvalue weighted by Gasteiger charge is -2.25. The Morgan fingerprint density at radius 3 is 2.26 bits per heavy atom. The first kappa shape index (κ1) is 35.2. The number of rotatable bonds is 10. The van der Waals surface area contributed by atoms with Gasteiger partial charge in [0.15, 0.2) is 0 Å². The van der Waals surface area contributed by atoms with E-state index >= 15 is 0 Å². The van der Waals surface area contributed by atoms with Crippen molar-refractivity contribution in [3.8, 4) is 16.8 Å². The van der Waals surface area contributed by atoms with E-state index < -0.39 is 0 Å². The van der Waals surface area contributed by atoms with E-state index in [2.05, 4.69) is 193 Å². The predicted octanol–water partition coefficient (Wildman–Crippen LogP) is 13.1. The van der Waals surface area contributed by atoms with Crippen LogP contribution in [0.25, 0.3) is 61.3 Å². The summed E-state index contributed by atoms with van der Waals surface area (Å²) in [7, 11) is 0. The Morgan fingerprint density at radius 2 is 1.46 bits per heavy atom. The van der Waals surface area contributed by atoms with E-state index in [0.717, 1.165) is 59.0 Å². The maximum atomic E-state index is 6.54. The van der Waals surface area contributed by atoms with Crippen molar-refractivity contribution in [3.05, 3.63) is 197 Å². The molecular formula is C53H47N3O. The average Bonchev–Trinajstić information content (AvgIpc) is 3.81. The predicted molar refractivity (Wildman–Crippen MR) is 238 cm³/mol. The fourth-order valence-electron chi connectivity index (χ4n) is 8.97. The second kappa shape index (κ2) is 15.0. The molecule has 0 amide bonds. The topological polar surface area (TPSA) is 42.1 Å². The molecule has 10 rings (SSSR count). The molecule has 2 heterocycles. The third kappa shape index (κ3) is 6.75. The van der Waals surface area contributed by atoms with E-state index in [1.807, 2.05) is 6.07 Å². The number of nitrogens with zero attached hydrogens (tertiary/aromatic N) is 1. The first-order chi connectivity index (χ1) is 28.1. The summed E-state index contributed by atoms with van der Waals surface area (Å²) in [6.07, 6.45) is 11.5. The van der Waals surface area contributed by atoms with Crippen LogP contribution in [0.4, 0.5) is 0 Å². The summed E-state index contributed by atoms with van der Waals surface area (Å²) in [5.74, 6) is 0.915. The third-order valence-corrected chi connectivity index (χ3v) is 12.0. The zero-order chi connectivity index (χ0) is 38.3. The van der Waals surface area contributed by atoms with Crippen LogP contribution in [0.15, 0.2) is 174 Å². The largest absolute Gasteiger partial charge is 0.455 e. The Hall–Kier alpha value is -6.20. The van der Waals surface area contributed by atoms with Gasteiger partial charge in [0.2, 0.25) is 0 Å². The van der Waals surface area contributed by atoms with Crippen molar-refractivity contribution in [1.82, 2.24) is 15.2 Å². The number of allylic oxidation sites excluding steroid dienone is 3. The summed E-state index contributed by atoms with van der Waals surface area (Å²) in [6.45, 7) is 6.24. The molecule has 280 valence electrons. The van der Waals surface area contributed by atoms with Crippen LogP contribution in [0, 0.1) is 5.92 Å². The van der Waals surface area contributed by atoms with Crippen molar-refractivity contribution < 1.29 is 4.42 Å². The van der Waals surface area contributed by atoms with Gasteiger partial charge in [-0.3, -0.25) is 10.6 Å². The molecule has 0 radical (unpaired) electrons. The molecule has 0 fully saturated rings. The van der Waals surface area contributed by atoms with Crippen molar-refractivity contribution >= 4 is 44.5 Å². The highest BCUT2D eigenvalue weighted by Crippen LogP contribution is 2.45. The molecule has 57 heavy (non-hydrogen) atoms. The molecule has 2 aromatic heterocycles. The van der Waals surface area contributed by atoms with Gasteiger partial charge < -0.3 is 8.98 Å². The lowest BCUT2D eigenvalue weighted by molar-refractivity contribution is 0.453. The zero-order valence-corrected chi connectivity index (χ0v) is 32.6. The summed E-state index contributed by atoms with van der Waals surface area (Å²) < 4.78 is 9.06. The van der Waals surface area contributed by atoms with Crippen LogP contribution >= 0.6 is 0 Å². The fraction of sp³-hybridized carbons (Fsp3) is 0.170. The molecule has 2 N–H and O–H groups in total. The lowest BCUT2D eigenvalue weighted by atomic mass is 9.85. The molecule has 2 aliphatic carbocycles. The number of hydrogen-bond acceptors (Lipinski definition) is 3. The summed E-state index contributed by atoms with van der Waals surface area (Å²) in [6, 6.07) is 52.6. The van der Waals surface area contributed by atoms with Gasteiger partial charge in [-0.15, -0.1) is 0 Å². The Labute approximate surface area is 334 Å². The summed E-state index contributed by atoms with van der Waals surface area (Å²) >= 11 is 0. The second-order valence-electron chi connectivity index (χ2n) is 15.9. The van der Waals surface area contributed by atoms with Crippen molar-refractivity contribution in [2.24, 2.45) is 5.92 Å². The number of furan rings is 1. The molecular weight excluding hydrogens is 695 g/mol. The van der Waals surface area contributed by atoms with Gasteiger partial charge in [-0.1, -0.05) is 153 Å². The standard InChI is InChI=1S/C53H47N3O/c1-35-20-22-38(23-21-35)34-55-53(54-33-37-12-5-3-6-13-37)40-24-27-43(28-25-40)56-49-32-41(44-17-11-18-47-46-16-9-10-19-50(46)57-52(44)47)26-29-45(49)48-31-42(30-36(2)51(48)56)39-14-7-4-8-15-39/h3-20,22-29,31-32,35-36,53-55H,21,30,33-34H2,1-2H3. The van der Waals surface area contributed by atoms with Gasteiger partial charge in [-0.05, 0) is 82.5 Å². The number of aromatic nitrogens is 1. The zero-order valence-electron chi connectivity index (χ0n) is 32.6. The molecule has 0 saturated heterocycles. The monoisotopic (exact) mass is 741 g/mol. The second-order valence-corrected chi connectivity index (χ2v) is 15.9. The SMILES string of the molecule is CC1C=CC(CNC(NCc2ccccc2)c2ccc(-n3c4c(c5ccc(-c6cccc7c6oc6ccccc67)cc53)C=C(c3ccccc3)CC4C)cc2)=CC1.